The van der Waals surface area contributed by atoms with E-state index in [1.54, 1.807) is 34.1 Å². The Labute approximate surface area is 136 Å². The summed E-state index contributed by atoms with van der Waals surface area (Å²) < 4.78 is 0. The Bertz CT molecular complexity index is 635. The van der Waals surface area contributed by atoms with Crippen molar-refractivity contribution in [1.82, 2.24) is 9.80 Å². The van der Waals surface area contributed by atoms with Crippen molar-refractivity contribution in [1.29, 1.82) is 0 Å². The second kappa shape index (κ2) is 6.08. The third-order valence-electron chi connectivity index (χ3n) is 4.46. The molecule has 0 aromatic heterocycles. The number of likely N-dealkylation sites (N-methyl/N-ethyl adjacent to an activating group) is 1. The highest BCUT2D eigenvalue weighted by Crippen LogP contribution is 2.31. The molecular formula is C17H20N2O2S. The zero-order valence-corrected chi connectivity index (χ0v) is 13.5. The van der Waals surface area contributed by atoms with E-state index in [9.17, 15) is 9.90 Å². The standard InChI is InChI=1S/C17H20N2O2S/c1-18-14(11-12-7-5-6-10-15(12)20)16(21)19(17(18)22)13-8-3-2-4-9-13/h5-7,10-11,13,20H,2-4,8-9H2,1H3/b14-11-. The minimum atomic E-state index is -0.0531. The van der Waals surface area contributed by atoms with Gasteiger partial charge in [-0.25, -0.2) is 0 Å². The first kappa shape index (κ1) is 15.0. The SMILES string of the molecule is CN1C(=S)N(C2CCCCC2)C(=O)/C1=C/c1ccccc1O. The Morgan fingerprint density at radius 1 is 1.23 bits per heavy atom. The maximum Gasteiger partial charge on any atom is 0.277 e. The first-order chi connectivity index (χ1) is 10.6. The summed E-state index contributed by atoms with van der Waals surface area (Å²) in [6, 6.07) is 7.21. The van der Waals surface area contributed by atoms with Gasteiger partial charge in [0.15, 0.2) is 5.11 Å². The van der Waals surface area contributed by atoms with Crippen LogP contribution >= 0.6 is 12.2 Å². The van der Waals surface area contributed by atoms with Crippen molar-refractivity contribution in [3.8, 4) is 5.75 Å². The van der Waals surface area contributed by atoms with Crippen molar-refractivity contribution in [2.24, 2.45) is 0 Å². The fraction of sp³-hybridized carbons (Fsp3) is 0.412. The lowest BCUT2D eigenvalue weighted by Crippen LogP contribution is -2.41. The van der Waals surface area contributed by atoms with Crippen molar-refractivity contribution in [2.75, 3.05) is 7.05 Å². The second-order valence-electron chi connectivity index (χ2n) is 5.90. The average Bonchev–Trinajstić information content (AvgIpc) is 2.74. The van der Waals surface area contributed by atoms with Crippen LogP contribution in [0.4, 0.5) is 0 Å². The molecule has 0 spiro atoms. The summed E-state index contributed by atoms with van der Waals surface area (Å²) in [6.07, 6.45) is 7.29. The number of phenolic OH excluding ortho intramolecular Hbond substituents is 1. The van der Waals surface area contributed by atoms with Gasteiger partial charge in [-0.3, -0.25) is 9.69 Å². The summed E-state index contributed by atoms with van der Waals surface area (Å²) in [4.78, 5) is 16.3. The Morgan fingerprint density at radius 3 is 2.59 bits per heavy atom. The molecule has 1 heterocycles. The molecule has 1 aliphatic carbocycles. The van der Waals surface area contributed by atoms with Crippen LogP contribution in [0, 0.1) is 0 Å². The largest absolute Gasteiger partial charge is 0.507 e. The lowest BCUT2D eigenvalue weighted by molar-refractivity contribution is -0.124. The number of carbonyl (C=O) groups excluding carboxylic acids is 1. The predicted octanol–water partition coefficient (Wildman–Crippen LogP) is 3.12. The van der Waals surface area contributed by atoms with E-state index in [0.29, 0.717) is 16.4 Å². The first-order valence-electron chi connectivity index (χ1n) is 7.70. The molecule has 1 N–H and O–H groups in total. The number of hydrogen-bond donors (Lipinski definition) is 1. The van der Waals surface area contributed by atoms with E-state index in [0.717, 1.165) is 25.7 Å². The van der Waals surface area contributed by atoms with Gasteiger partial charge >= 0.3 is 0 Å². The molecule has 22 heavy (non-hydrogen) atoms. The van der Waals surface area contributed by atoms with Crippen LogP contribution in [-0.4, -0.2) is 39.0 Å². The number of rotatable bonds is 2. The lowest BCUT2D eigenvalue weighted by Gasteiger charge is -2.30. The molecule has 3 rings (SSSR count). The van der Waals surface area contributed by atoms with Crippen LogP contribution < -0.4 is 0 Å². The van der Waals surface area contributed by atoms with E-state index in [1.807, 2.05) is 13.1 Å². The van der Waals surface area contributed by atoms with Crippen LogP contribution in [0.2, 0.25) is 0 Å². The molecule has 1 aromatic carbocycles. The van der Waals surface area contributed by atoms with Gasteiger partial charge in [0.1, 0.15) is 11.4 Å². The predicted molar refractivity (Wildman–Crippen MR) is 90.2 cm³/mol. The minimum Gasteiger partial charge on any atom is -0.507 e. The quantitative estimate of drug-likeness (QED) is 0.672. The maximum atomic E-state index is 12.8. The summed E-state index contributed by atoms with van der Waals surface area (Å²) in [7, 11) is 1.81. The zero-order chi connectivity index (χ0) is 15.7. The van der Waals surface area contributed by atoms with Gasteiger partial charge < -0.3 is 10.0 Å². The highest BCUT2D eigenvalue weighted by Gasteiger charge is 2.40. The summed E-state index contributed by atoms with van der Waals surface area (Å²) in [5.41, 5.74) is 1.16. The van der Waals surface area contributed by atoms with Gasteiger partial charge in [0, 0.05) is 18.7 Å². The molecule has 1 saturated heterocycles. The Kier molecular flexibility index (Phi) is 4.16. The van der Waals surface area contributed by atoms with Gasteiger partial charge in [0.25, 0.3) is 5.91 Å². The average molecular weight is 316 g/mol. The molecule has 0 radical (unpaired) electrons. The van der Waals surface area contributed by atoms with Gasteiger partial charge in [-0.1, -0.05) is 37.5 Å². The van der Waals surface area contributed by atoms with Gasteiger partial charge in [0.05, 0.1) is 0 Å². The van der Waals surface area contributed by atoms with Gasteiger partial charge in [-0.05, 0) is 37.2 Å². The van der Waals surface area contributed by atoms with Crippen molar-refractivity contribution in [3.63, 3.8) is 0 Å². The van der Waals surface area contributed by atoms with E-state index in [4.69, 9.17) is 12.2 Å². The summed E-state index contributed by atoms with van der Waals surface area (Å²) in [5, 5.41) is 10.5. The monoisotopic (exact) mass is 316 g/mol. The number of amides is 1. The number of benzene rings is 1. The Morgan fingerprint density at radius 2 is 1.91 bits per heavy atom. The third kappa shape index (κ3) is 2.61. The van der Waals surface area contributed by atoms with Crippen molar-refractivity contribution in [3.05, 3.63) is 35.5 Å². The van der Waals surface area contributed by atoms with Crippen molar-refractivity contribution < 1.29 is 9.90 Å². The number of phenols is 1. The molecule has 5 heteroatoms. The fourth-order valence-corrected chi connectivity index (χ4v) is 3.53. The third-order valence-corrected chi connectivity index (χ3v) is 4.93. The molecule has 1 aromatic rings. The number of nitrogens with zero attached hydrogens (tertiary/aromatic N) is 2. The number of hydrogen-bond acceptors (Lipinski definition) is 3. The van der Waals surface area contributed by atoms with E-state index in [-0.39, 0.29) is 17.7 Å². The zero-order valence-electron chi connectivity index (χ0n) is 12.7. The summed E-state index contributed by atoms with van der Waals surface area (Å²) in [6.45, 7) is 0. The highest BCUT2D eigenvalue weighted by molar-refractivity contribution is 7.80. The number of aromatic hydroxyl groups is 1. The Hall–Kier alpha value is -1.88. The topological polar surface area (TPSA) is 43.8 Å². The van der Waals surface area contributed by atoms with Crippen LogP contribution in [-0.2, 0) is 4.79 Å². The van der Waals surface area contributed by atoms with Gasteiger partial charge in [-0.2, -0.15) is 0 Å². The highest BCUT2D eigenvalue weighted by atomic mass is 32.1. The molecule has 116 valence electrons. The van der Waals surface area contributed by atoms with Crippen LogP contribution in [0.1, 0.15) is 37.7 Å². The first-order valence-corrected chi connectivity index (χ1v) is 8.11. The van der Waals surface area contributed by atoms with Crippen LogP contribution in [0.15, 0.2) is 30.0 Å². The van der Waals surface area contributed by atoms with Gasteiger partial charge in [-0.15, -0.1) is 0 Å². The molecule has 1 amide bonds. The molecular weight excluding hydrogens is 296 g/mol. The maximum absolute atomic E-state index is 12.8. The number of carbonyl (C=O) groups is 1. The molecule has 2 fully saturated rings. The van der Waals surface area contributed by atoms with E-state index < -0.39 is 0 Å². The van der Waals surface area contributed by atoms with E-state index in [1.165, 1.54) is 6.42 Å². The minimum absolute atomic E-state index is 0.0531. The number of para-hydroxylation sites is 1. The van der Waals surface area contributed by atoms with E-state index in [2.05, 4.69) is 0 Å². The molecule has 2 aliphatic rings. The molecule has 0 atom stereocenters. The van der Waals surface area contributed by atoms with Crippen LogP contribution in [0.5, 0.6) is 5.75 Å². The summed E-state index contributed by atoms with van der Waals surface area (Å²) >= 11 is 5.47. The lowest BCUT2D eigenvalue weighted by atomic mass is 9.94. The second-order valence-corrected chi connectivity index (χ2v) is 6.26. The van der Waals surface area contributed by atoms with E-state index >= 15 is 0 Å². The summed E-state index contributed by atoms with van der Waals surface area (Å²) in [5.74, 6) is 0.112. The molecule has 1 aliphatic heterocycles. The van der Waals surface area contributed by atoms with Crippen molar-refractivity contribution >= 4 is 29.3 Å². The molecule has 0 bridgehead atoms. The normalized spacial score (nSPS) is 22.0. The fourth-order valence-electron chi connectivity index (χ4n) is 3.20. The Balaban J connectivity index is 1.91. The van der Waals surface area contributed by atoms with Crippen molar-refractivity contribution in [2.45, 2.75) is 38.1 Å². The molecule has 4 nitrogen and oxygen atoms in total. The molecule has 0 unspecified atom stereocenters. The smallest absolute Gasteiger partial charge is 0.277 e. The number of thiocarbonyl (C=S) groups is 1. The van der Waals surface area contributed by atoms with Crippen LogP contribution in [0.25, 0.3) is 6.08 Å². The van der Waals surface area contributed by atoms with Crippen LogP contribution in [0.3, 0.4) is 0 Å². The molecule has 1 saturated carbocycles. The van der Waals surface area contributed by atoms with Gasteiger partial charge in [0.2, 0.25) is 0 Å².